The van der Waals surface area contributed by atoms with Crippen molar-refractivity contribution < 1.29 is 18.0 Å². The van der Waals surface area contributed by atoms with Crippen LogP contribution in [0.5, 0.6) is 0 Å². The van der Waals surface area contributed by atoms with Crippen LogP contribution in [0.25, 0.3) is 10.8 Å². The quantitative estimate of drug-likeness (QED) is 0.392. The number of aryl methyl sites for hydroxylation is 1. The van der Waals surface area contributed by atoms with Gasteiger partial charge in [-0.1, -0.05) is 74.0 Å². The molecule has 0 aliphatic carbocycles. The highest BCUT2D eigenvalue weighted by Gasteiger charge is 2.30. The molecule has 1 atom stereocenters. The van der Waals surface area contributed by atoms with Crippen LogP contribution in [0.1, 0.15) is 37.8 Å². The van der Waals surface area contributed by atoms with E-state index < -0.39 is 28.5 Å². The van der Waals surface area contributed by atoms with Crippen LogP contribution in [0.3, 0.4) is 0 Å². The van der Waals surface area contributed by atoms with Gasteiger partial charge in [0.15, 0.2) is 0 Å². The van der Waals surface area contributed by atoms with Crippen LogP contribution in [0, 0.1) is 6.92 Å². The van der Waals surface area contributed by atoms with E-state index in [1.165, 1.54) is 4.90 Å². The molecule has 0 aliphatic heterocycles. The van der Waals surface area contributed by atoms with E-state index in [9.17, 15) is 18.0 Å². The number of nitrogens with one attached hydrogen (secondary N) is 1. The highest BCUT2D eigenvalue weighted by atomic mass is 32.2. The number of unbranched alkanes of at least 4 members (excludes halogenated alkanes) is 1. The van der Waals surface area contributed by atoms with Gasteiger partial charge in [-0.3, -0.25) is 13.9 Å². The lowest BCUT2D eigenvalue weighted by Gasteiger charge is -2.32. The van der Waals surface area contributed by atoms with E-state index in [1.807, 2.05) is 68.4 Å². The summed E-state index contributed by atoms with van der Waals surface area (Å²) < 4.78 is 26.9. The molecule has 0 fully saturated rings. The number of benzene rings is 3. The molecule has 2 amide bonds. The molecule has 8 heteroatoms. The summed E-state index contributed by atoms with van der Waals surface area (Å²) in [7, 11) is -3.80. The van der Waals surface area contributed by atoms with E-state index in [2.05, 4.69) is 5.32 Å². The lowest BCUT2D eigenvalue weighted by atomic mass is 10.1. The topological polar surface area (TPSA) is 86.8 Å². The zero-order valence-corrected chi connectivity index (χ0v) is 22.2. The smallest absolute Gasteiger partial charge is 0.244 e. The summed E-state index contributed by atoms with van der Waals surface area (Å²) in [4.78, 5) is 28.1. The van der Waals surface area contributed by atoms with Crippen LogP contribution in [0.2, 0.25) is 0 Å². The Morgan fingerprint density at radius 1 is 0.972 bits per heavy atom. The van der Waals surface area contributed by atoms with Gasteiger partial charge in [-0.2, -0.15) is 0 Å². The Hall–Kier alpha value is -3.39. The van der Waals surface area contributed by atoms with Crippen LogP contribution in [0.4, 0.5) is 5.69 Å². The lowest BCUT2D eigenvalue weighted by molar-refractivity contribution is -0.139. The molecule has 1 N–H and O–H groups in total. The first-order valence-electron chi connectivity index (χ1n) is 12.2. The maximum Gasteiger partial charge on any atom is 0.244 e. The third-order valence-corrected chi connectivity index (χ3v) is 7.44. The van der Waals surface area contributed by atoms with Gasteiger partial charge in [-0.15, -0.1) is 0 Å². The van der Waals surface area contributed by atoms with Gasteiger partial charge < -0.3 is 10.2 Å². The molecule has 3 aromatic rings. The first-order chi connectivity index (χ1) is 17.1. The molecule has 1 unspecified atom stereocenters. The molecule has 0 spiro atoms. The predicted octanol–water partition coefficient (Wildman–Crippen LogP) is 4.25. The van der Waals surface area contributed by atoms with E-state index >= 15 is 0 Å². The van der Waals surface area contributed by atoms with E-state index in [-0.39, 0.29) is 12.5 Å². The first kappa shape index (κ1) is 27.2. The van der Waals surface area contributed by atoms with Gasteiger partial charge in [0.25, 0.3) is 0 Å². The Morgan fingerprint density at radius 3 is 2.33 bits per heavy atom. The molecular weight excluding hydrogens is 474 g/mol. The van der Waals surface area contributed by atoms with Gasteiger partial charge in [0.05, 0.1) is 11.9 Å². The summed E-state index contributed by atoms with van der Waals surface area (Å²) in [5.74, 6) is -0.712. The number of nitrogens with zero attached hydrogens (tertiary/aromatic N) is 2. The number of anilines is 1. The Morgan fingerprint density at radius 2 is 1.64 bits per heavy atom. The molecule has 3 rings (SSSR count). The summed E-state index contributed by atoms with van der Waals surface area (Å²) in [6.07, 6.45) is 2.87. The predicted molar refractivity (Wildman–Crippen MR) is 145 cm³/mol. The zero-order chi connectivity index (χ0) is 26.3. The SMILES string of the molecule is CCCCNC(=O)C(C)N(Cc1ccccc1C)C(=O)CN(c1cccc2ccccc12)S(C)(=O)=O. The van der Waals surface area contributed by atoms with Gasteiger partial charge in [0, 0.05) is 18.5 Å². The van der Waals surface area contributed by atoms with E-state index in [1.54, 1.807) is 19.1 Å². The minimum Gasteiger partial charge on any atom is -0.354 e. The number of amides is 2. The Balaban J connectivity index is 1.97. The summed E-state index contributed by atoms with van der Waals surface area (Å²) in [5, 5.41) is 4.50. The number of sulfonamides is 1. The van der Waals surface area contributed by atoms with Crippen LogP contribution < -0.4 is 9.62 Å². The number of carbonyl (C=O) groups is 2. The highest BCUT2D eigenvalue weighted by molar-refractivity contribution is 7.92. The Bertz CT molecular complexity index is 1320. The van der Waals surface area contributed by atoms with Crippen molar-refractivity contribution in [3.63, 3.8) is 0 Å². The van der Waals surface area contributed by atoms with Crippen molar-refractivity contribution in [2.24, 2.45) is 0 Å². The van der Waals surface area contributed by atoms with Gasteiger partial charge in [-0.05, 0) is 42.8 Å². The standard InChI is InChI=1S/C28H35N3O4S/c1-5-6-18-29-28(33)22(3)30(19-24-14-8-7-12-21(24)2)27(32)20-31(36(4,34)35)26-17-11-15-23-13-9-10-16-25(23)26/h7-17,22H,5-6,18-20H2,1-4H3,(H,29,33). The minimum atomic E-state index is -3.80. The molecule has 192 valence electrons. The average molecular weight is 510 g/mol. The summed E-state index contributed by atoms with van der Waals surface area (Å²) in [6, 6.07) is 19.7. The van der Waals surface area contributed by atoms with Crippen molar-refractivity contribution in [2.45, 2.75) is 46.2 Å². The third-order valence-electron chi connectivity index (χ3n) is 6.31. The van der Waals surface area contributed by atoms with Gasteiger partial charge in [-0.25, -0.2) is 8.42 Å². The van der Waals surface area contributed by atoms with E-state index in [4.69, 9.17) is 0 Å². The molecule has 0 bridgehead atoms. The molecule has 0 saturated carbocycles. The molecule has 3 aromatic carbocycles. The van der Waals surface area contributed by atoms with E-state index in [0.717, 1.165) is 45.3 Å². The molecular formula is C28H35N3O4S. The monoisotopic (exact) mass is 509 g/mol. The number of carbonyl (C=O) groups excluding carboxylic acids is 2. The fraction of sp³-hybridized carbons (Fsp3) is 0.357. The molecule has 36 heavy (non-hydrogen) atoms. The summed E-state index contributed by atoms with van der Waals surface area (Å²) in [6.45, 7) is 5.98. The molecule has 0 heterocycles. The van der Waals surface area contributed by atoms with Crippen molar-refractivity contribution in [1.29, 1.82) is 0 Å². The molecule has 0 aromatic heterocycles. The molecule has 0 radical (unpaired) electrons. The Labute approximate surface area is 214 Å². The Kier molecular flexibility index (Phi) is 9.09. The first-order valence-corrected chi connectivity index (χ1v) is 14.1. The lowest BCUT2D eigenvalue weighted by Crippen LogP contribution is -2.51. The summed E-state index contributed by atoms with van der Waals surface area (Å²) in [5.41, 5.74) is 2.32. The number of fused-ring (bicyclic) bond motifs is 1. The van der Waals surface area contributed by atoms with Crippen molar-refractivity contribution in [2.75, 3.05) is 23.7 Å². The largest absolute Gasteiger partial charge is 0.354 e. The van der Waals surface area contributed by atoms with Crippen molar-refractivity contribution in [3.8, 4) is 0 Å². The van der Waals surface area contributed by atoms with Crippen molar-refractivity contribution in [1.82, 2.24) is 10.2 Å². The van der Waals surface area contributed by atoms with Crippen LogP contribution in [0.15, 0.2) is 66.7 Å². The fourth-order valence-electron chi connectivity index (χ4n) is 4.11. The van der Waals surface area contributed by atoms with Crippen molar-refractivity contribution >= 4 is 38.3 Å². The molecule has 0 saturated heterocycles. The van der Waals surface area contributed by atoms with E-state index in [0.29, 0.717) is 12.2 Å². The highest BCUT2D eigenvalue weighted by Crippen LogP contribution is 2.28. The second-order valence-corrected chi connectivity index (χ2v) is 10.9. The van der Waals surface area contributed by atoms with Crippen LogP contribution in [-0.4, -0.2) is 50.5 Å². The van der Waals surface area contributed by atoms with Crippen LogP contribution >= 0.6 is 0 Å². The third kappa shape index (κ3) is 6.63. The maximum absolute atomic E-state index is 13.7. The fourth-order valence-corrected chi connectivity index (χ4v) is 4.97. The van der Waals surface area contributed by atoms with Gasteiger partial charge >= 0.3 is 0 Å². The number of hydrogen-bond acceptors (Lipinski definition) is 4. The average Bonchev–Trinajstić information content (AvgIpc) is 2.85. The molecule has 0 aliphatic rings. The van der Waals surface area contributed by atoms with Gasteiger partial charge in [0.1, 0.15) is 12.6 Å². The second kappa shape index (κ2) is 12.0. The zero-order valence-electron chi connectivity index (χ0n) is 21.4. The number of rotatable bonds is 11. The number of hydrogen-bond donors (Lipinski definition) is 1. The maximum atomic E-state index is 13.7. The molecule has 7 nitrogen and oxygen atoms in total. The normalized spacial score (nSPS) is 12.2. The van der Waals surface area contributed by atoms with Gasteiger partial charge in [0.2, 0.25) is 21.8 Å². The van der Waals surface area contributed by atoms with Crippen molar-refractivity contribution in [3.05, 3.63) is 77.9 Å². The van der Waals surface area contributed by atoms with Crippen LogP contribution in [-0.2, 0) is 26.2 Å². The summed E-state index contributed by atoms with van der Waals surface area (Å²) >= 11 is 0. The second-order valence-electron chi connectivity index (χ2n) is 9.04. The minimum absolute atomic E-state index is 0.195.